The minimum absolute atomic E-state index is 0.0201. The van der Waals surface area contributed by atoms with Crippen LogP contribution < -0.4 is 0 Å². The highest BCUT2D eigenvalue weighted by Gasteiger charge is 2.38. The van der Waals surface area contributed by atoms with Crippen LogP contribution in [0.4, 0.5) is 0 Å². The number of halogens is 1. The van der Waals surface area contributed by atoms with E-state index >= 15 is 0 Å². The van der Waals surface area contributed by atoms with Crippen LogP contribution in [0.5, 0.6) is 0 Å². The Morgan fingerprint density at radius 2 is 1.61 bits per heavy atom. The number of hydrogen-bond acceptors (Lipinski definition) is 3. The Kier molecular flexibility index (Phi) is 6.28. The third-order valence-electron chi connectivity index (χ3n) is 6.13. The first-order chi connectivity index (χ1) is 14.9. The molecule has 2 aromatic carbocycles. The average Bonchev–Trinajstić information content (AvgIpc) is 2.78. The number of piperidine rings is 1. The molecule has 0 radical (unpaired) electrons. The highest BCUT2D eigenvalue weighted by molar-refractivity contribution is 6.35. The zero-order valence-corrected chi connectivity index (χ0v) is 18.3. The number of amides is 3. The van der Waals surface area contributed by atoms with Crippen molar-refractivity contribution in [1.29, 1.82) is 0 Å². The molecule has 0 N–H and O–H groups in total. The van der Waals surface area contributed by atoms with Gasteiger partial charge in [-0.15, -0.1) is 0 Å². The fourth-order valence-electron chi connectivity index (χ4n) is 4.29. The van der Waals surface area contributed by atoms with Crippen molar-refractivity contribution in [3.63, 3.8) is 0 Å². The topological polar surface area (TPSA) is 60.9 Å². The standard InChI is InChI=1S/C24H26ClN3O3/c1-17-6-8-18(9-7-17)16-27-14-15-28(24(31)23(27)30)19-10-12-26(13-11-19)22(29)20-4-2-3-5-21(20)25/h2-9,19H,10-16H2,1H3. The van der Waals surface area contributed by atoms with Crippen LogP contribution in [0.3, 0.4) is 0 Å². The van der Waals surface area contributed by atoms with Crippen molar-refractivity contribution in [1.82, 2.24) is 14.7 Å². The van der Waals surface area contributed by atoms with E-state index in [0.717, 1.165) is 11.1 Å². The summed E-state index contributed by atoms with van der Waals surface area (Å²) in [5, 5.41) is 0.445. The number of hydrogen-bond donors (Lipinski definition) is 0. The second kappa shape index (κ2) is 9.10. The first-order valence-electron chi connectivity index (χ1n) is 10.6. The number of aryl methyl sites for hydroxylation is 1. The summed E-state index contributed by atoms with van der Waals surface area (Å²) in [6.45, 7) is 4.60. The van der Waals surface area contributed by atoms with Crippen molar-refractivity contribution in [2.45, 2.75) is 32.4 Å². The Morgan fingerprint density at radius 1 is 0.935 bits per heavy atom. The van der Waals surface area contributed by atoms with E-state index < -0.39 is 11.8 Å². The van der Waals surface area contributed by atoms with Crippen LogP contribution in [-0.4, -0.2) is 64.6 Å². The van der Waals surface area contributed by atoms with Crippen LogP contribution in [0, 0.1) is 6.92 Å². The fraction of sp³-hybridized carbons (Fsp3) is 0.375. The van der Waals surface area contributed by atoms with Crippen molar-refractivity contribution >= 4 is 29.3 Å². The summed E-state index contributed by atoms with van der Waals surface area (Å²) in [6.07, 6.45) is 1.32. The fourth-order valence-corrected chi connectivity index (χ4v) is 4.50. The number of likely N-dealkylation sites (tertiary alicyclic amines) is 1. The lowest BCUT2D eigenvalue weighted by molar-refractivity contribution is -0.158. The summed E-state index contributed by atoms with van der Waals surface area (Å²) in [4.78, 5) is 43.4. The number of carbonyl (C=O) groups excluding carboxylic acids is 3. The van der Waals surface area contributed by atoms with Crippen molar-refractivity contribution in [3.05, 3.63) is 70.2 Å². The molecule has 2 saturated heterocycles. The van der Waals surface area contributed by atoms with Crippen molar-refractivity contribution in [3.8, 4) is 0 Å². The molecule has 6 nitrogen and oxygen atoms in total. The van der Waals surface area contributed by atoms with Crippen molar-refractivity contribution in [2.24, 2.45) is 0 Å². The zero-order valence-electron chi connectivity index (χ0n) is 17.6. The molecule has 3 amide bonds. The van der Waals surface area contributed by atoms with Crippen LogP contribution in [0.1, 0.15) is 34.3 Å². The van der Waals surface area contributed by atoms with Gasteiger partial charge in [-0.2, -0.15) is 0 Å². The lowest BCUT2D eigenvalue weighted by Gasteiger charge is -2.42. The summed E-state index contributed by atoms with van der Waals surface area (Å²) in [7, 11) is 0. The number of rotatable bonds is 4. The largest absolute Gasteiger partial charge is 0.338 e. The van der Waals surface area contributed by atoms with E-state index in [4.69, 9.17) is 11.6 Å². The molecule has 2 aliphatic rings. The van der Waals surface area contributed by atoms with Gasteiger partial charge in [0.05, 0.1) is 10.6 Å². The van der Waals surface area contributed by atoms with E-state index in [9.17, 15) is 14.4 Å². The van der Waals surface area contributed by atoms with Crippen LogP contribution in [0.25, 0.3) is 0 Å². The molecular weight excluding hydrogens is 414 g/mol. The van der Waals surface area contributed by atoms with Crippen LogP contribution in [-0.2, 0) is 16.1 Å². The van der Waals surface area contributed by atoms with Gasteiger partial charge in [0.15, 0.2) is 0 Å². The highest BCUT2D eigenvalue weighted by atomic mass is 35.5. The first-order valence-corrected chi connectivity index (χ1v) is 11.0. The van der Waals surface area contributed by atoms with Gasteiger partial charge < -0.3 is 14.7 Å². The van der Waals surface area contributed by atoms with Gasteiger partial charge in [-0.3, -0.25) is 14.4 Å². The second-order valence-electron chi connectivity index (χ2n) is 8.21. The van der Waals surface area contributed by atoms with Gasteiger partial charge in [0.1, 0.15) is 0 Å². The van der Waals surface area contributed by atoms with Gasteiger partial charge in [0, 0.05) is 38.8 Å². The molecule has 7 heteroatoms. The molecule has 0 bridgehead atoms. The molecule has 4 rings (SSSR count). The summed E-state index contributed by atoms with van der Waals surface area (Å²) in [6, 6.07) is 15.0. The van der Waals surface area contributed by atoms with Gasteiger partial charge in [-0.05, 0) is 37.5 Å². The Balaban J connectivity index is 1.34. The first kappa shape index (κ1) is 21.4. The van der Waals surface area contributed by atoms with E-state index in [0.29, 0.717) is 56.2 Å². The maximum atomic E-state index is 12.8. The van der Waals surface area contributed by atoms with Crippen LogP contribution in [0.15, 0.2) is 48.5 Å². The number of piperazine rings is 1. The lowest BCUT2D eigenvalue weighted by atomic mass is 10.0. The predicted octanol–water partition coefficient (Wildman–Crippen LogP) is 3.12. The molecule has 31 heavy (non-hydrogen) atoms. The molecule has 2 heterocycles. The molecule has 2 fully saturated rings. The van der Waals surface area contributed by atoms with Gasteiger partial charge in [-0.25, -0.2) is 0 Å². The zero-order chi connectivity index (χ0) is 22.0. The molecular formula is C24H26ClN3O3. The van der Waals surface area contributed by atoms with Gasteiger partial charge in [-0.1, -0.05) is 53.6 Å². The summed E-state index contributed by atoms with van der Waals surface area (Å²) in [5.41, 5.74) is 2.68. The number of carbonyl (C=O) groups is 3. The Morgan fingerprint density at radius 3 is 2.29 bits per heavy atom. The second-order valence-corrected chi connectivity index (χ2v) is 8.62. The Bertz CT molecular complexity index is 984. The number of benzene rings is 2. The van der Waals surface area contributed by atoms with E-state index in [2.05, 4.69) is 0 Å². The van der Waals surface area contributed by atoms with E-state index in [1.165, 1.54) is 0 Å². The smallest absolute Gasteiger partial charge is 0.312 e. The van der Waals surface area contributed by atoms with Gasteiger partial charge in [0.25, 0.3) is 5.91 Å². The highest BCUT2D eigenvalue weighted by Crippen LogP contribution is 2.23. The van der Waals surface area contributed by atoms with Crippen LogP contribution >= 0.6 is 11.6 Å². The predicted molar refractivity (Wildman–Crippen MR) is 119 cm³/mol. The lowest BCUT2D eigenvalue weighted by Crippen LogP contribution is -2.59. The third-order valence-corrected chi connectivity index (χ3v) is 6.46. The Labute approximate surface area is 187 Å². The SMILES string of the molecule is Cc1ccc(CN2CCN(C3CCN(C(=O)c4ccccc4Cl)CC3)C(=O)C2=O)cc1. The Hall–Kier alpha value is -2.86. The summed E-state index contributed by atoms with van der Waals surface area (Å²) >= 11 is 6.16. The van der Waals surface area contributed by atoms with Crippen molar-refractivity contribution in [2.75, 3.05) is 26.2 Å². The quantitative estimate of drug-likeness (QED) is 0.688. The average molecular weight is 440 g/mol. The van der Waals surface area contributed by atoms with Crippen LogP contribution in [0.2, 0.25) is 5.02 Å². The molecule has 0 unspecified atom stereocenters. The molecule has 0 aliphatic carbocycles. The molecule has 2 aliphatic heterocycles. The third kappa shape index (κ3) is 4.59. The van der Waals surface area contributed by atoms with Crippen molar-refractivity contribution < 1.29 is 14.4 Å². The number of nitrogens with zero attached hydrogens (tertiary/aromatic N) is 3. The monoisotopic (exact) mass is 439 g/mol. The summed E-state index contributed by atoms with van der Waals surface area (Å²) in [5.74, 6) is -0.968. The molecule has 162 valence electrons. The summed E-state index contributed by atoms with van der Waals surface area (Å²) < 4.78 is 0. The molecule has 0 spiro atoms. The molecule has 0 aromatic heterocycles. The maximum absolute atomic E-state index is 12.8. The van der Waals surface area contributed by atoms with E-state index in [-0.39, 0.29) is 11.9 Å². The minimum Gasteiger partial charge on any atom is -0.338 e. The molecule has 2 aromatic rings. The molecule has 0 saturated carbocycles. The normalized spacial score (nSPS) is 17.9. The van der Waals surface area contributed by atoms with Gasteiger partial charge in [0.2, 0.25) is 0 Å². The van der Waals surface area contributed by atoms with E-state index in [1.54, 1.807) is 39.0 Å². The molecule has 0 atom stereocenters. The van der Waals surface area contributed by atoms with Gasteiger partial charge >= 0.3 is 11.8 Å². The maximum Gasteiger partial charge on any atom is 0.312 e. The van der Waals surface area contributed by atoms with E-state index in [1.807, 2.05) is 31.2 Å². The minimum atomic E-state index is -0.443.